The van der Waals surface area contributed by atoms with Crippen LogP contribution in [0.3, 0.4) is 0 Å². The number of aliphatic hydroxyl groups is 1. The monoisotopic (exact) mass is 435 g/mol. The maximum Gasteiger partial charge on any atom is 0.306 e. The number of hydrogen-bond acceptors (Lipinski definition) is 4. The largest absolute Gasteiger partial charge is 0.481 e. The van der Waals surface area contributed by atoms with Gasteiger partial charge in [0, 0.05) is 11.8 Å². The lowest BCUT2D eigenvalue weighted by Crippen LogP contribution is -2.48. The SMILES string of the molecule is CC(C)(C)[C@@H](CO)NC(=O)C(CC(=O)O)n1cnc(-c2ccc(-c3ccccc3)cc2)c1. The second kappa shape index (κ2) is 9.78. The molecule has 0 aliphatic heterocycles. The van der Waals surface area contributed by atoms with E-state index in [1.165, 1.54) is 10.9 Å². The third-order valence-electron chi connectivity index (χ3n) is 5.46. The lowest BCUT2D eigenvalue weighted by atomic mass is 9.87. The molecule has 7 nitrogen and oxygen atoms in total. The van der Waals surface area contributed by atoms with Gasteiger partial charge in [0.2, 0.25) is 5.91 Å². The van der Waals surface area contributed by atoms with Crippen LogP contribution in [0.4, 0.5) is 0 Å². The van der Waals surface area contributed by atoms with Gasteiger partial charge in [-0.3, -0.25) is 9.59 Å². The minimum absolute atomic E-state index is 0.238. The topological polar surface area (TPSA) is 104 Å². The number of amides is 1. The number of nitrogens with zero attached hydrogens (tertiary/aromatic N) is 2. The molecule has 3 aromatic rings. The average molecular weight is 436 g/mol. The van der Waals surface area contributed by atoms with Crippen LogP contribution in [0, 0.1) is 5.41 Å². The fraction of sp³-hybridized carbons (Fsp3) is 0.320. The Labute approximate surface area is 187 Å². The van der Waals surface area contributed by atoms with Gasteiger partial charge in [-0.25, -0.2) is 4.98 Å². The maximum absolute atomic E-state index is 12.9. The Hall–Kier alpha value is -3.45. The third-order valence-corrected chi connectivity index (χ3v) is 5.46. The van der Waals surface area contributed by atoms with E-state index < -0.39 is 30.4 Å². The fourth-order valence-corrected chi connectivity index (χ4v) is 3.42. The van der Waals surface area contributed by atoms with E-state index in [1.54, 1.807) is 6.20 Å². The molecule has 0 saturated carbocycles. The van der Waals surface area contributed by atoms with Crippen molar-refractivity contribution in [3.05, 3.63) is 67.1 Å². The van der Waals surface area contributed by atoms with Crippen molar-refractivity contribution in [2.75, 3.05) is 6.61 Å². The molecule has 0 spiro atoms. The molecule has 2 atom stereocenters. The molecule has 1 heterocycles. The summed E-state index contributed by atoms with van der Waals surface area (Å²) in [7, 11) is 0. The van der Waals surface area contributed by atoms with Gasteiger partial charge < -0.3 is 20.1 Å². The molecule has 0 radical (unpaired) electrons. The standard InChI is InChI=1S/C25H29N3O4/c1-25(2,3)22(15-29)27-24(32)21(13-23(30)31)28-14-20(26-16-28)19-11-9-18(10-12-19)17-7-5-4-6-8-17/h4-12,14,16,21-22,29H,13,15H2,1-3H3,(H,27,32)(H,30,31)/t21?,22-/m1/s1. The van der Waals surface area contributed by atoms with Crippen LogP contribution in [0.1, 0.15) is 33.2 Å². The first-order chi connectivity index (χ1) is 15.2. The van der Waals surface area contributed by atoms with E-state index in [0.717, 1.165) is 16.7 Å². The number of imidazole rings is 1. The number of aliphatic hydroxyl groups excluding tert-OH is 1. The number of rotatable bonds is 8. The first-order valence-electron chi connectivity index (χ1n) is 10.5. The van der Waals surface area contributed by atoms with E-state index in [2.05, 4.69) is 10.3 Å². The number of carbonyl (C=O) groups excluding carboxylic acids is 1. The van der Waals surface area contributed by atoms with Crippen LogP contribution in [-0.4, -0.2) is 44.3 Å². The molecule has 0 saturated heterocycles. The molecule has 2 aromatic carbocycles. The molecular formula is C25H29N3O4. The third kappa shape index (κ3) is 5.62. The van der Waals surface area contributed by atoms with Gasteiger partial charge in [0.15, 0.2) is 0 Å². The van der Waals surface area contributed by atoms with Crippen LogP contribution >= 0.6 is 0 Å². The molecular weight excluding hydrogens is 406 g/mol. The summed E-state index contributed by atoms with van der Waals surface area (Å²) in [5.41, 5.74) is 3.32. The molecule has 0 aliphatic carbocycles. The van der Waals surface area contributed by atoms with E-state index >= 15 is 0 Å². The Morgan fingerprint density at radius 2 is 1.59 bits per heavy atom. The van der Waals surface area contributed by atoms with Gasteiger partial charge in [-0.2, -0.15) is 0 Å². The second-order valence-corrected chi connectivity index (χ2v) is 8.87. The summed E-state index contributed by atoms with van der Waals surface area (Å²) in [4.78, 5) is 28.7. The van der Waals surface area contributed by atoms with Crippen molar-refractivity contribution >= 4 is 11.9 Å². The van der Waals surface area contributed by atoms with Gasteiger partial charge >= 0.3 is 5.97 Å². The summed E-state index contributed by atoms with van der Waals surface area (Å²) in [6.07, 6.45) is 2.76. The van der Waals surface area contributed by atoms with Crippen LogP contribution in [-0.2, 0) is 9.59 Å². The zero-order chi connectivity index (χ0) is 23.3. The minimum atomic E-state index is -1.09. The van der Waals surface area contributed by atoms with Gasteiger partial charge in [0.1, 0.15) is 6.04 Å². The highest BCUT2D eigenvalue weighted by atomic mass is 16.4. The predicted molar refractivity (Wildman–Crippen MR) is 123 cm³/mol. The van der Waals surface area contributed by atoms with Gasteiger partial charge in [-0.05, 0) is 16.5 Å². The quantitative estimate of drug-likeness (QED) is 0.500. The molecule has 0 fully saturated rings. The molecule has 3 N–H and O–H groups in total. The molecule has 1 aromatic heterocycles. The van der Waals surface area contributed by atoms with Crippen molar-refractivity contribution < 1.29 is 19.8 Å². The van der Waals surface area contributed by atoms with Crippen LogP contribution in [0.15, 0.2) is 67.1 Å². The minimum Gasteiger partial charge on any atom is -0.481 e. The lowest BCUT2D eigenvalue weighted by molar-refractivity contribution is -0.141. The Kier molecular flexibility index (Phi) is 7.10. The normalized spacial score (nSPS) is 13.4. The zero-order valence-electron chi connectivity index (χ0n) is 18.5. The van der Waals surface area contributed by atoms with Crippen LogP contribution < -0.4 is 5.32 Å². The highest BCUT2D eigenvalue weighted by molar-refractivity contribution is 5.85. The number of carboxylic acid groups (broad SMARTS) is 1. The number of carbonyl (C=O) groups is 2. The van der Waals surface area contributed by atoms with Crippen molar-refractivity contribution in [2.24, 2.45) is 5.41 Å². The second-order valence-electron chi connectivity index (χ2n) is 8.87. The Balaban J connectivity index is 1.82. The van der Waals surface area contributed by atoms with Gasteiger partial charge in [0.25, 0.3) is 0 Å². The van der Waals surface area contributed by atoms with Crippen LogP contribution in [0.2, 0.25) is 0 Å². The highest BCUT2D eigenvalue weighted by Crippen LogP contribution is 2.26. The summed E-state index contributed by atoms with van der Waals surface area (Å²) >= 11 is 0. The van der Waals surface area contributed by atoms with E-state index in [-0.39, 0.29) is 12.0 Å². The molecule has 3 rings (SSSR count). The molecule has 7 heteroatoms. The van der Waals surface area contributed by atoms with Gasteiger partial charge in [0.05, 0.1) is 31.1 Å². The molecule has 1 amide bonds. The Bertz CT molecular complexity index is 1050. The first kappa shape index (κ1) is 23.2. The van der Waals surface area contributed by atoms with E-state index in [9.17, 15) is 19.8 Å². The number of nitrogens with one attached hydrogen (secondary N) is 1. The molecule has 168 valence electrons. The average Bonchev–Trinajstić information content (AvgIpc) is 3.25. The highest BCUT2D eigenvalue weighted by Gasteiger charge is 2.30. The van der Waals surface area contributed by atoms with Crippen molar-refractivity contribution in [3.8, 4) is 22.4 Å². The smallest absolute Gasteiger partial charge is 0.306 e. The summed E-state index contributed by atoms with van der Waals surface area (Å²) in [5.74, 6) is -1.56. The fourth-order valence-electron chi connectivity index (χ4n) is 3.42. The summed E-state index contributed by atoms with van der Waals surface area (Å²) in [6, 6.07) is 16.4. The van der Waals surface area contributed by atoms with Crippen molar-refractivity contribution in [2.45, 2.75) is 39.3 Å². The zero-order valence-corrected chi connectivity index (χ0v) is 18.5. The van der Waals surface area contributed by atoms with E-state index in [0.29, 0.717) is 5.69 Å². The van der Waals surface area contributed by atoms with Crippen LogP contribution in [0.5, 0.6) is 0 Å². The molecule has 0 bridgehead atoms. The summed E-state index contributed by atoms with van der Waals surface area (Å²) in [6.45, 7) is 5.45. The first-order valence-corrected chi connectivity index (χ1v) is 10.5. The molecule has 32 heavy (non-hydrogen) atoms. The Morgan fingerprint density at radius 3 is 2.16 bits per heavy atom. The number of aromatic nitrogens is 2. The van der Waals surface area contributed by atoms with E-state index in [1.807, 2.05) is 75.4 Å². The number of benzene rings is 2. The van der Waals surface area contributed by atoms with Crippen LogP contribution in [0.25, 0.3) is 22.4 Å². The Morgan fingerprint density at radius 1 is 1.00 bits per heavy atom. The maximum atomic E-state index is 12.9. The number of aliphatic carboxylic acids is 1. The van der Waals surface area contributed by atoms with Crippen molar-refractivity contribution in [1.82, 2.24) is 14.9 Å². The molecule has 0 aliphatic rings. The number of carboxylic acids is 1. The van der Waals surface area contributed by atoms with Crippen molar-refractivity contribution in [3.63, 3.8) is 0 Å². The summed E-state index contributed by atoms with van der Waals surface area (Å²) < 4.78 is 1.51. The van der Waals surface area contributed by atoms with Gasteiger partial charge in [-0.1, -0.05) is 75.4 Å². The summed E-state index contributed by atoms with van der Waals surface area (Å²) in [5, 5.41) is 21.8. The van der Waals surface area contributed by atoms with E-state index in [4.69, 9.17) is 0 Å². The number of hydrogen-bond donors (Lipinski definition) is 3. The predicted octanol–water partition coefficient (Wildman–Crippen LogP) is 3.76. The van der Waals surface area contributed by atoms with Crippen molar-refractivity contribution in [1.29, 1.82) is 0 Å². The molecule has 1 unspecified atom stereocenters. The lowest BCUT2D eigenvalue weighted by Gasteiger charge is -2.31. The van der Waals surface area contributed by atoms with Gasteiger partial charge in [-0.15, -0.1) is 0 Å².